The van der Waals surface area contributed by atoms with Crippen LogP contribution in [0.4, 0.5) is 13.2 Å². The van der Waals surface area contributed by atoms with E-state index in [2.05, 4.69) is 101 Å². The van der Waals surface area contributed by atoms with E-state index in [9.17, 15) is 18.0 Å². The van der Waals surface area contributed by atoms with Crippen molar-refractivity contribution in [3.05, 3.63) is 103 Å². The van der Waals surface area contributed by atoms with Crippen LogP contribution in [0.15, 0.2) is 66.6 Å². The minimum Gasteiger partial charge on any atom is -0.512 e. The molecule has 1 aliphatic carbocycles. The van der Waals surface area contributed by atoms with Gasteiger partial charge < -0.3 is 9.67 Å². The Morgan fingerprint density at radius 2 is 1.58 bits per heavy atom. The second-order valence-corrected chi connectivity index (χ2v) is 15.0. The molecule has 257 valence electrons. The fraction of sp³-hybridized carbons (Fsp3) is 0.350. The van der Waals surface area contributed by atoms with Crippen LogP contribution < -0.4 is 4.57 Å². The molecule has 2 aromatic heterocycles. The molecule has 1 saturated carbocycles. The predicted molar refractivity (Wildman–Crippen MR) is 189 cm³/mol. The van der Waals surface area contributed by atoms with Gasteiger partial charge >= 0.3 is 6.18 Å². The van der Waals surface area contributed by atoms with Crippen molar-refractivity contribution in [3.8, 4) is 11.3 Å². The molecule has 48 heavy (non-hydrogen) atoms. The third-order valence-corrected chi connectivity index (χ3v) is 10.6. The smallest absolute Gasteiger partial charge is 0.454 e. The van der Waals surface area contributed by atoms with Crippen molar-refractivity contribution >= 4 is 48.1 Å². The summed E-state index contributed by atoms with van der Waals surface area (Å²) in [5, 5.41) is 14.0. The minimum atomic E-state index is -4.90. The molecule has 0 amide bonds. The van der Waals surface area contributed by atoms with Gasteiger partial charge in [-0.2, -0.15) is 25.7 Å². The summed E-state index contributed by atoms with van der Waals surface area (Å²) in [5.41, 5.74) is 7.86. The first-order valence-corrected chi connectivity index (χ1v) is 16.9. The monoisotopic (exact) mass is 851 g/mol. The van der Waals surface area contributed by atoms with Gasteiger partial charge in [-0.3, -0.25) is 4.79 Å². The van der Waals surface area contributed by atoms with Gasteiger partial charge in [0, 0.05) is 48.5 Å². The summed E-state index contributed by atoms with van der Waals surface area (Å²) in [5.74, 6) is -2.34. The zero-order valence-electron chi connectivity index (χ0n) is 28.3. The quantitative estimate of drug-likeness (QED) is 0.0847. The van der Waals surface area contributed by atoms with Gasteiger partial charge in [-0.25, -0.2) is 0 Å². The summed E-state index contributed by atoms with van der Waals surface area (Å²) in [6, 6.07) is 18.1. The molecule has 1 aliphatic rings. The number of carbonyl (C=O) groups is 1. The third kappa shape index (κ3) is 7.31. The van der Waals surface area contributed by atoms with E-state index < -0.39 is 23.6 Å². The zero-order valence-corrected chi connectivity index (χ0v) is 31.6. The molecule has 5 aromatic rings. The van der Waals surface area contributed by atoms with Gasteiger partial charge in [0.25, 0.3) is 5.78 Å². The number of aliphatic hydroxyl groups is 1. The molecule has 3 aromatic carbocycles. The summed E-state index contributed by atoms with van der Waals surface area (Å²) < 4.78 is 39.5. The van der Waals surface area contributed by atoms with Gasteiger partial charge in [-0.1, -0.05) is 88.7 Å². The molecular weight excluding hydrogens is 808 g/mol. The molecule has 0 spiro atoms. The van der Waals surface area contributed by atoms with Gasteiger partial charge in [-0.15, -0.1) is 34.4 Å². The van der Waals surface area contributed by atoms with Crippen molar-refractivity contribution < 1.29 is 47.7 Å². The number of aliphatic hydroxyl groups excluding tert-OH is 1. The number of hydrogen-bond donors (Lipinski definition) is 1. The average molecular weight is 851 g/mol. The molecule has 3 nitrogen and oxygen atoms in total. The van der Waals surface area contributed by atoms with E-state index in [1.54, 1.807) is 5.56 Å². The number of pyridine rings is 1. The Balaban J connectivity index is 0.000000345. The summed E-state index contributed by atoms with van der Waals surface area (Å²) in [4.78, 5) is 10.2. The number of aromatic nitrogens is 1. The molecule has 1 N–H and O–H groups in total. The number of halogens is 3. The fourth-order valence-corrected chi connectivity index (χ4v) is 8.02. The second-order valence-electron chi connectivity index (χ2n) is 13.9. The maximum absolute atomic E-state index is 11.6. The van der Waals surface area contributed by atoms with Crippen molar-refractivity contribution in [3.63, 3.8) is 0 Å². The number of thiophene rings is 1. The van der Waals surface area contributed by atoms with Crippen LogP contribution in [-0.2, 0) is 30.3 Å². The standard InChI is InChI=1S/C33H34NS.C7H9F3O2.Ir/c1-20-24-13-9-10-14-25(24)29(33(3,4)5)19-28(20)30-32-27(17-18-34(30)6)26-16-15-23(21(2)31(26)35-32)22-11-7-8-12-22;1-4(2)5(11)3-6(12)7(8,9)10;/h9-10,13-19,22H,1,6-8,11-12H2,2-5H3;3-4,11H,1-2H3;/q-1;;/b;5-3-;. The Morgan fingerprint density at radius 1 is 0.979 bits per heavy atom. The van der Waals surface area contributed by atoms with Crippen molar-refractivity contribution in [1.82, 2.24) is 0 Å². The van der Waals surface area contributed by atoms with Crippen molar-refractivity contribution in [2.75, 3.05) is 0 Å². The maximum atomic E-state index is 11.6. The molecule has 1 radical (unpaired) electrons. The van der Waals surface area contributed by atoms with E-state index in [1.807, 2.05) is 11.3 Å². The first-order chi connectivity index (χ1) is 22.0. The normalized spacial score (nSPS) is 14.4. The first kappa shape index (κ1) is 37.5. The number of fused-ring (bicyclic) bond motifs is 4. The average Bonchev–Trinajstić information content (AvgIpc) is 3.66. The Hall–Kier alpha value is -3.32. The van der Waals surface area contributed by atoms with Crippen LogP contribution in [0.2, 0.25) is 0 Å². The molecular formula is C40H43F3IrNO2S-. The molecule has 0 aliphatic heterocycles. The van der Waals surface area contributed by atoms with Gasteiger partial charge in [0.2, 0.25) is 0 Å². The van der Waals surface area contributed by atoms with Crippen LogP contribution in [0, 0.1) is 26.8 Å². The van der Waals surface area contributed by atoms with Crippen LogP contribution in [0.1, 0.15) is 88.5 Å². The number of alkyl halides is 3. The summed E-state index contributed by atoms with van der Waals surface area (Å²) in [7, 11) is 4.43. The van der Waals surface area contributed by atoms with Gasteiger partial charge in [0.05, 0.1) is 17.6 Å². The summed E-state index contributed by atoms with van der Waals surface area (Å²) in [6.45, 7) is 16.8. The Labute approximate surface area is 299 Å². The van der Waals surface area contributed by atoms with Gasteiger partial charge in [0.15, 0.2) is 0 Å². The van der Waals surface area contributed by atoms with Crippen LogP contribution >= 0.6 is 11.3 Å². The van der Waals surface area contributed by atoms with E-state index in [0.717, 1.165) is 11.5 Å². The summed E-state index contributed by atoms with van der Waals surface area (Å²) in [6.07, 6.45) is 2.82. The number of ketones is 1. The molecule has 0 atom stereocenters. The minimum absolute atomic E-state index is 0. The van der Waals surface area contributed by atoms with Crippen molar-refractivity contribution in [2.45, 2.75) is 84.7 Å². The van der Waals surface area contributed by atoms with Crippen LogP contribution in [-0.4, -0.2) is 17.1 Å². The summed E-state index contributed by atoms with van der Waals surface area (Å²) >= 11 is 1.94. The topological polar surface area (TPSA) is 41.2 Å². The number of carbonyl (C=O) groups excluding carboxylic acids is 1. The number of allylic oxidation sites excluding steroid dienone is 2. The van der Waals surface area contributed by atoms with Gasteiger partial charge in [0.1, 0.15) is 0 Å². The molecule has 6 rings (SSSR count). The van der Waals surface area contributed by atoms with Crippen molar-refractivity contribution in [2.24, 2.45) is 5.92 Å². The number of hydrogen-bond acceptors (Lipinski definition) is 3. The molecule has 0 saturated heterocycles. The zero-order chi connectivity index (χ0) is 34.4. The second kappa shape index (κ2) is 14.3. The van der Waals surface area contributed by atoms with E-state index in [0.29, 0.717) is 0 Å². The Morgan fingerprint density at radius 3 is 2.17 bits per heavy atom. The van der Waals surface area contributed by atoms with Crippen LogP contribution in [0.3, 0.4) is 0 Å². The third-order valence-electron chi connectivity index (χ3n) is 9.27. The van der Waals surface area contributed by atoms with Crippen LogP contribution in [0.25, 0.3) is 42.2 Å². The molecule has 0 bridgehead atoms. The Bertz CT molecular complexity index is 2010. The van der Waals surface area contributed by atoms with E-state index in [1.165, 1.54) is 92.9 Å². The van der Waals surface area contributed by atoms with Crippen LogP contribution in [0.5, 0.6) is 0 Å². The van der Waals surface area contributed by atoms with Crippen molar-refractivity contribution in [1.29, 1.82) is 0 Å². The number of nitrogens with zero attached hydrogens (tertiary/aromatic N) is 1. The number of rotatable bonds is 4. The molecule has 8 heteroatoms. The largest absolute Gasteiger partial charge is 0.512 e. The Kier molecular flexibility index (Phi) is 11.1. The predicted octanol–water partition coefficient (Wildman–Crippen LogP) is 11.5. The van der Waals surface area contributed by atoms with E-state index in [4.69, 9.17) is 5.11 Å². The van der Waals surface area contributed by atoms with Gasteiger partial charge in [-0.05, 0) is 59.1 Å². The fourth-order valence-electron chi connectivity index (χ4n) is 6.65. The maximum Gasteiger partial charge on any atom is 0.454 e. The van der Waals surface area contributed by atoms with E-state index in [-0.39, 0.29) is 31.6 Å². The molecule has 0 unspecified atom stereocenters. The number of benzene rings is 3. The first-order valence-electron chi connectivity index (χ1n) is 16.1. The SMILES string of the molecule is CC(C)/C(O)=C/C(=O)C(F)(F)F.[CH2-]c1c(-c2c3sc4c(C)c(C5CCCC5)ccc4c3cc[n+]2[CH2-])cc(C(C)(C)C)c2ccccc12.[Ir]. The molecule has 1 fully saturated rings. The van der Waals surface area contributed by atoms with E-state index >= 15 is 0 Å². The molecule has 2 heterocycles. The number of aryl methyl sites for hydroxylation is 1.